The molecule has 2 amide bonds. The lowest BCUT2D eigenvalue weighted by Crippen LogP contribution is -2.27. The molecule has 0 saturated carbocycles. The highest BCUT2D eigenvalue weighted by Crippen LogP contribution is 2.28. The Labute approximate surface area is 228 Å². The van der Waals surface area contributed by atoms with E-state index >= 15 is 0 Å². The highest BCUT2D eigenvalue weighted by molar-refractivity contribution is 6.01. The minimum absolute atomic E-state index is 0.0700. The van der Waals surface area contributed by atoms with Crippen LogP contribution in [0.25, 0.3) is 10.9 Å². The normalized spacial score (nSPS) is 14.2. The minimum atomic E-state index is -4.50. The summed E-state index contributed by atoms with van der Waals surface area (Å²) in [5.74, 6) is 0.766. The van der Waals surface area contributed by atoms with E-state index in [0.717, 1.165) is 28.8 Å². The number of aliphatic imine (C=N–C) groups is 1. The number of halogens is 3. The summed E-state index contributed by atoms with van der Waals surface area (Å²) in [4.78, 5) is 17.0. The summed E-state index contributed by atoms with van der Waals surface area (Å²) >= 11 is 0. The first kappa shape index (κ1) is 31.0. The van der Waals surface area contributed by atoms with E-state index in [2.05, 4.69) is 45.6 Å². The van der Waals surface area contributed by atoms with Crippen LogP contribution >= 0.6 is 0 Å². The number of carbonyl (C=O) groups is 1. The molecule has 3 N–H and O–H groups in total. The first-order valence-corrected chi connectivity index (χ1v) is 12.5. The van der Waals surface area contributed by atoms with Crippen molar-refractivity contribution in [2.75, 3.05) is 5.32 Å². The number of anilines is 1. The van der Waals surface area contributed by atoms with Gasteiger partial charge in [-0.3, -0.25) is 0 Å². The maximum atomic E-state index is 13.0. The number of urea groups is 1. The summed E-state index contributed by atoms with van der Waals surface area (Å²) in [7, 11) is 0. The van der Waals surface area contributed by atoms with Gasteiger partial charge in [0.1, 0.15) is 5.82 Å². The zero-order valence-corrected chi connectivity index (χ0v) is 22.8. The van der Waals surface area contributed by atoms with Gasteiger partial charge in [0.2, 0.25) is 0 Å². The molecule has 2 aromatic rings. The quantitative estimate of drug-likeness (QED) is 0.145. The van der Waals surface area contributed by atoms with Crippen molar-refractivity contribution in [1.82, 2.24) is 15.2 Å². The van der Waals surface area contributed by atoms with Crippen molar-refractivity contribution in [3.63, 3.8) is 0 Å². The van der Waals surface area contributed by atoms with E-state index in [4.69, 9.17) is 0 Å². The lowest BCUT2D eigenvalue weighted by molar-refractivity contribution is -0.0884. The van der Waals surface area contributed by atoms with Gasteiger partial charge in [-0.25, -0.2) is 9.79 Å². The minimum Gasteiger partial charge on any atom is -0.347 e. The number of carbonyl (C=O) groups excluding carboxylic acids is 1. The molecule has 0 saturated heterocycles. The molecule has 1 aromatic heterocycles. The van der Waals surface area contributed by atoms with Gasteiger partial charge in [0.05, 0.1) is 16.8 Å². The highest BCUT2D eigenvalue weighted by atomic mass is 19.4. The first-order valence-electron chi connectivity index (χ1n) is 12.5. The Hall–Kier alpha value is -4.27. The Bertz CT molecular complexity index is 1330. The molecule has 0 fully saturated rings. The average molecular weight is 540 g/mol. The zero-order chi connectivity index (χ0) is 29.0. The lowest BCUT2D eigenvalue weighted by atomic mass is 10.1. The van der Waals surface area contributed by atoms with Gasteiger partial charge >= 0.3 is 12.2 Å². The van der Waals surface area contributed by atoms with Gasteiger partial charge in [-0.2, -0.15) is 13.2 Å². The Morgan fingerprint density at radius 2 is 1.95 bits per heavy atom. The second-order valence-corrected chi connectivity index (χ2v) is 8.87. The number of allylic oxidation sites excluding steroid dienone is 8. The van der Waals surface area contributed by atoms with Crippen LogP contribution in [0.2, 0.25) is 0 Å². The maximum Gasteiger partial charge on any atom is 0.416 e. The summed E-state index contributed by atoms with van der Waals surface area (Å²) < 4.78 is 41.0. The summed E-state index contributed by atoms with van der Waals surface area (Å²) in [6, 6.07) is 6.75. The van der Waals surface area contributed by atoms with E-state index in [0.29, 0.717) is 24.5 Å². The third-order valence-corrected chi connectivity index (χ3v) is 5.47. The summed E-state index contributed by atoms with van der Waals surface area (Å²) in [6.07, 6.45) is 9.23. The van der Waals surface area contributed by atoms with Crippen LogP contribution in [0.3, 0.4) is 0 Å². The molecular formula is C30H36F3N5O. The van der Waals surface area contributed by atoms with Crippen LogP contribution in [0.5, 0.6) is 0 Å². The van der Waals surface area contributed by atoms with Gasteiger partial charge in [-0.1, -0.05) is 37.8 Å². The smallest absolute Gasteiger partial charge is 0.347 e. The summed E-state index contributed by atoms with van der Waals surface area (Å²) in [5, 5.41) is 9.20. The molecule has 1 unspecified atom stereocenters. The van der Waals surface area contributed by atoms with Crippen molar-refractivity contribution in [2.45, 2.75) is 46.8 Å². The predicted molar refractivity (Wildman–Crippen MR) is 155 cm³/mol. The molecule has 0 aliphatic heterocycles. The fraction of sp³-hybridized carbons (Fsp3) is 0.267. The third-order valence-electron chi connectivity index (χ3n) is 5.47. The molecule has 1 atom stereocenters. The second-order valence-electron chi connectivity index (χ2n) is 8.87. The maximum absolute atomic E-state index is 13.0. The molecule has 0 aliphatic rings. The zero-order valence-electron chi connectivity index (χ0n) is 22.8. The van der Waals surface area contributed by atoms with E-state index in [1.165, 1.54) is 13.8 Å². The molecule has 1 heterocycles. The fourth-order valence-electron chi connectivity index (χ4n) is 3.80. The van der Waals surface area contributed by atoms with Gasteiger partial charge in [0, 0.05) is 42.2 Å². The first-order chi connectivity index (χ1) is 18.5. The molecule has 6 nitrogen and oxygen atoms in total. The van der Waals surface area contributed by atoms with E-state index < -0.39 is 17.8 Å². The molecule has 2 rings (SSSR count). The molecule has 0 radical (unpaired) electrons. The standard InChI is InChI=1S/C30H36F3N5O/c1-7-10-16-34-28(35-22(5)12-8-2)18-21(4)20-38-17-15-25-26(13-11-14-27(25)38)37-29(39)36-23(6)19-24(9-3)30(31,32)33/h7-9,11-19,21,35H,1,5,10,20H2,2-4,6H3,(H2,36,37,39)/b12-8-,23-19+,24-9+,28-18+,34-16-. The van der Waals surface area contributed by atoms with E-state index in [-0.39, 0.29) is 11.6 Å². The van der Waals surface area contributed by atoms with Crippen molar-refractivity contribution < 1.29 is 18.0 Å². The van der Waals surface area contributed by atoms with Gasteiger partial charge in [0.15, 0.2) is 0 Å². The molecule has 0 spiro atoms. The largest absolute Gasteiger partial charge is 0.416 e. The van der Waals surface area contributed by atoms with Crippen LogP contribution in [-0.2, 0) is 6.54 Å². The number of nitrogens with zero attached hydrogens (tertiary/aromatic N) is 2. The van der Waals surface area contributed by atoms with Crippen molar-refractivity contribution in [1.29, 1.82) is 0 Å². The molecular weight excluding hydrogens is 503 g/mol. The monoisotopic (exact) mass is 539 g/mol. The van der Waals surface area contributed by atoms with Crippen molar-refractivity contribution >= 4 is 28.8 Å². The van der Waals surface area contributed by atoms with Gasteiger partial charge < -0.3 is 20.5 Å². The Balaban J connectivity index is 2.20. The number of benzene rings is 1. The van der Waals surface area contributed by atoms with Crippen LogP contribution in [0.1, 0.15) is 34.1 Å². The van der Waals surface area contributed by atoms with Gasteiger partial charge in [-0.05, 0) is 63.1 Å². The molecule has 1 aromatic carbocycles. The fourth-order valence-corrected chi connectivity index (χ4v) is 3.80. The predicted octanol–water partition coefficient (Wildman–Crippen LogP) is 7.98. The third kappa shape index (κ3) is 9.85. The molecule has 9 heteroatoms. The molecule has 0 bridgehead atoms. The Morgan fingerprint density at radius 1 is 1.21 bits per heavy atom. The van der Waals surface area contributed by atoms with E-state index in [1.54, 1.807) is 18.4 Å². The van der Waals surface area contributed by atoms with Crippen LogP contribution in [0.15, 0.2) is 108 Å². The van der Waals surface area contributed by atoms with Gasteiger partial charge in [-0.15, -0.1) is 6.58 Å². The number of amides is 2. The van der Waals surface area contributed by atoms with Crippen LogP contribution in [0.4, 0.5) is 23.7 Å². The molecule has 0 aliphatic carbocycles. The van der Waals surface area contributed by atoms with Crippen molar-refractivity contribution in [2.24, 2.45) is 10.9 Å². The Morgan fingerprint density at radius 3 is 2.59 bits per heavy atom. The number of hydrogen-bond acceptors (Lipinski definition) is 3. The second kappa shape index (κ2) is 14.6. The number of alkyl halides is 3. The van der Waals surface area contributed by atoms with Gasteiger partial charge in [0.25, 0.3) is 0 Å². The van der Waals surface area contributed by atoms with E-state index in [9.17, 15) is 18.0 Å². The number of rotatable bonds is 12. The van der Waals surface area contributed by atoms with Crippen LogP contribution in [0, 0.1) is 5.92 Å². The highest BCUT2D eigenvalue weighted by Gasteiger charge is 2.31. The SMILES string of the molecule is C=CC/C=N\C(=C/C(C)Cn1ccc2c(NC(=O)N/C(C)=C/C(=C\C)C(F)(F)F)cccc21)NC(=C)/C=C\C. The average Bonchev–Trinajstić information content (AvgIpc) is 3.25. The summed E-state index contributed by atoms with van der Waals surface area (Å²) in [5.41, 5.74) is 1.40. The van der Waals surface area contributed by atoms with Crippen LogP contribution in [-0.4, -0.2) is 23.0 Å². The number of hydrogen-bond donors (Lipinski definition) is 3. The summed E-state index contributed by atoms with van der Waals surface area (Å²) in [6.45, 7) is 15.0. The number of fused-ring (bicyclic) bond motifs is 1. The Kier molecular flexibility index (Phi) is 11.6. The molecule has 208 valence electrons. The number of nitrogens with one attached hydrogen (secondary N) is 3. The number of aromatic nitrogens is 1. The van der Waals surface area contributed by atoms with E-state index in [1.807, 2.05) is 49.5 Å². The van der Waals surface area contributed by atoms with Crippen molar-refractivity contribution in [3.8, 4) is 0 Å². The topological polar surface area (TPSA) is 70.5 Å². The lowest BCUT2D eigenvalue weighted by Gasteiger charge is -2.14. The molecule has 39 heavy (non-hydrogen) atoms. The van der Waals surface area contributed by atoms with Crippen LogP contribution < -0.4 is 16.0 Å². The van der Waals surface area contributed by atoms with Crippen molar-refractivity contribution in [3.05, 3.63) is 103 Å².